The summed E-state index contributed by atoms with van der Waals surface area (Å²) in [6.45, 7) is 2.23. The molecule has 0 saturated carbocycles. The third kappa shape index (κ3) is 3.52. The Morgan fingerprint density at radius 2 is 2.11 bits per heavy atom. The van der Waals surface area contributed by atoms with Gasteiger partial charge in [0.1, 0.15) is 0 Å². The highest BCUT2D eigenvalue weighted by atomic mass is 15.2. The first-order valence-corrected chi connectivity index (χ1v) is 7.15. The standard InChI is InChI=1S/C16H23N3/c1-2-3-4-5-9-16(19-17)15-8-6-7-13-12-18-11-10-14(13)15/h6-8,10-12,16,19H,2-5,9,17H2,1H3. The van der Waals surface area contributed by atoms with Gasteiger partial charge in [-0.2, -0.15) is 0 Å². The number of nitrogens with two attached hydrogens (primary N) is 1. The van der Waals surface area contributed by atoms with Crippen LogP contribution in [0.5, 0.6) is 0 Å². The summed E-state index contributed by atoms with van der Waals surface area (Å²) >= 11 is 0. The number of hydrogen-bond acceptors (Lipinski definition) is 3. The molecule has 0 bridgehead atoms. The van der Waals surface area contributed by atoms with Crippen molar-refractivity contribution in [2.75, 3.05) is 0 Å². The number of hydrogen-bond donors (Lipinski definition) is 2. The Hall–Kier alpha value is -1.45. The molecular formula is C16H23N3. The molecule has 3 N–H and O–H groups in total. The summed E-state index contributed by atoms with van der Waals surface area (Å²) in [5.41, 5.74) is 4.24. The van der Waals surface area contributed by atoms with Gasteiger partial charge in [-0.1, -0.05) is 50.8 Å². The molecule has 3 heteroatoms. The highest BCUT2D eigenvalue weighted by molar-refractivity contribution is 5.85. The van der Waals surface area contributed by atoms with Crippen LogP contribution in [-0.2, 0) is 0 Å². The Morgan fingerprint density at radius 3 is 2.89 bits per heavy atom. The minimum atomic E-state index is 0.225. The minimum Gasteiger partial charge on any atom is -0.271 e. The maximum atomic E-state index is 5.74. The van der Waals surface area contributed by atoms with Gasteiger partial charge in [-0.25, -0.2) is 0 Å². The quantitative estimate of drug-likeness (QED) is 0.451. The van der Waals surface area contributed by atoms with Crippen molar-refractivity contribution in [3.05, 3.63) is 42.2 Å². The second-order valence-electron chi connectivity index (χ2n) is 5.01. The van der Waals surface area contributed by atoms with Crippen LogP contribution in [0.2, 0.25) is 0 Å². The average molecular weight is 257 g/mol. The molecule has 102 valence electrons. The van der Waals surface area contributed by atoms with Crippen LogP contribution in [0.1, 0.15) is 50.6 Å². The van der Waals surface area contributed by atoms with Crippen LogP contribution in [0.25, 0.3) is 10.8 Å². The molecule has 0 fully saturated rings. The molecular weight excluding hydrogens is 234 g/mol. The maximum absolute atomic E-state index is 5.74. The van der Waals surface area contributed by atoms with Crippen LogP contribution in [-0.4, -0.2) is 4.98 Å². The van der Waals surface area contributed by atoms with Gasteiger partial charge in [0.2, 0.25) is 0 Å². The maximum Gasteiger partial charge on any atom is 0.0466 e. The SMILES string of the molecule is CCCCCCC(NN)c1cccc2cnccc12. The van der Waals surface area contributed by atoms with Crippen molar-refractivity contribution >= 4 is 10.8 Å². The summed E-state index contributed by atoms with van der Waals surface area (Å²) in [6, 6.07) is 8.63. The van der Waals surface area contributed by atoms with Crippen LogP contribution in [0, 0.1) is 0 Å². The fourth-order valence-electron chi connectivity index (χ4n) is 2.56. The van der Waals surface area contributed by atoms with E-state index in [1.807, 2.05) is 12.4 Å². The largest absolute Gasteiger partial charge is 0.271 e. The van der Waals surface area contributed by atoms with Crippen molar-refractivity contribution in [2.45, 2.75) is 45.1 Å². The zero-order valence-corrected chi connectivity index (χ0v) is 11.6. The fourth-order valence-corrected chi connectivity index (χ4v) is 2.56. The molecule has 1 unspecified atom stereocenters. The zero-order chi connectivity index (χ0) is 13.5. The second kappa shape index (κ2) is 7.22. The highest BCUT2D eigenvalue weighted by Gasteiger charge is 2.12. The molecule has 0 aliphatic heterocycles. The topological polar surface area (TPSA) is 50.9 Å². The van der Waals surface area contributed by atoms with E-state index in [0.717, 1.165) is 6.42 Å². The van der Waals surface area contributed by atoms with Crippen molar-refractivity contribution in [1.82, 2.24) is 10.4 Å². The summed E-state index contributed by atoms with van der Waals surface area (Å²) in [5.74, 6) is 5.74. The van der Waals surface area contributed by atoms with Gasteiger partial charge in [0, 0.05) is 23.8 Å². The Balaban J connectivity index is 2.16. The summed E-state index contributed by atoms with van der Waals surface area (Å²) in [4.78, 5) is 4.17. The molecule has 0 radical (unpaired) electrons. The van der Waals surface area contributed by atoms with Crippen LogP contribution in [0.4, 0.5) is 0 Å². The molecule has 19 heavy (non-hydrogen) atoms. The van der Waals surface area contributed by atoms with Crippen LogP contribution in [0.15, 0.2) is 36.7 Å². The number of benzene rings is 1. The fraction of sp³-hybridized carbons (Fsp3) is 0.438. The summed E-state index contributed by atoms with van der Waals surface area (Å²) < 4.78 is 0. The molecule has 0 aliphatic carbocycles. The minimum absolute atomic E-state index is 0.225. The number of nitrogens with one attached hydrogen (secondary N) is 1. The Labute approximate surface area is 115 Å². The molecule has 1 aromatic heterocycles. The normalized spacial score (nSPS) is 12.7. The summed E-state index contributed by atoms with van der Waals surface area (Å²) in [6.07, 6.45) is 9.89. The number of aromatic nitrogens is 1. The molecule has 0 saturated heterocycles. The third-order valence-corrected chi connectivity index (χ3v) is 3.64. The first-order chi connectivity index (χ1) is 9.36. The first kappa shape index (κ1) is 14.0. The van der Waals surface area contributed by atoms with Gasteiger partial charge in [0.25, 0.3) is 0 Å². The lowest BCUT2D eigenvalue weighted by Gasteiger charge is -2.18. The van der Waals surface area contributed by atoms with E-state index in [2.05, 4.69) is 41.6 Å². The molecule has 3 nitrogen and oxygen atoms in total. The molecule has 2 rings (SSSR count). The molecule has 1 atom stereocenters. The summed E-state index contributed by atoms with van der Waals surface area (Å²) in [5, 5.41) is 2.42. The predicted molar refractivity (Wildman–Crippen MR) is 80.6 cm³/mol. The number of unbranched alkanes of at least 4 members (excludes halogenated alkanes) is 3. The number of fused-ring (bicyclic) bond motifs is 1. The van der Waals surface area contributed by atoms with Crippen molar-refractivity contribution in [3.63, 3.8) is 0 Å². The van der Waals surface area contributed by atoms with Crippen LogP contribution < -0.4 is 11.3 Å². The van der Waals surface area contributed by atoms with E-state index in [1.165, 1.54) is 42.0 Å². The van der Waals surface area contributed by atoms with E-state index in [-0.39, 0.29) is 6.04 Å². The van der Waals surface area contributed by atoms with E-state index in [0.29, 0.717) is 0 Å². The van der Waals surface area contributed by atoms with Gasteiger partial charge in [0.15, 0.2) is 0 Å². The Kier molecular flexibility index (Phi) is 5.31. The van der Waals surface area contributed by atoms with Gasteiger partial charge in [0.05, 0.1) is 0 Å². The van der Waals surface area contributed by atoms with Gasteiger partial charge >= 0.3 is 0 Å². The average Bonchev–Trinajstić information content (AvgIpc) is 2.47. The van der Waals surface area contributed by atoms with E-state index in [1.54, 1.807) is 0 Å². The molecule has 0 spiro atoms. The zero-order valence-electron chi connectivity index (χ0n) is 11.6. The lowest BCUT2D eigenvalue weighted by molar-refractivity contribution is 0.484. The third-order valence-electron chi connectivity index (χ3n) is 3.64. The second-order valence-corrected chi connectivity index (χ2v) is 5.01. The van der Waals surface area contributed by atoms with E-state index < -0.39 is 0 Å². The van der Waals surface area contributed by atoms with Gasteiger partial charge in [-0.3, -0.25) is 16.3 Å². The van der Waals surface area contributed by atoms with E-state index in [4.69, 9.17) is 5.84 Å². The first-order valence-electron chi connectivity index (χ1n) is 7.15. The molecule has 0 aliphatic rings. The van der Waals surface area contributed by atoms with Gasteiger partial charge in [-0.05, 0) is 23.4 Å². The monoisotopic (exact) mass is 257 g/mol. The lowest BCUT2D eigenvalue weighted by atomic mass is 9.96. The van der Waals surface area contributed by atoms with Crippen molar-refractivity contribution in [2.24, 2.45) is 5.84 Å². The number of rotatable bonds is 7. The van der Waals surface area contributed by atoms with E-state index >= 15 is 0 Å². The molecule has 0 amide bonds. The van der Waals surface area contributed by atoms with Gasteiger partial charge < -0.3 is 0 Å². The molecule has 2 aromatic rings. The number of hydrazine groups is 1. The smallest absolute Gasteiger partial charge is 0.0466 e. The number of pyridine rings is 1. The van der Waals surface area contributed by atoms with Gasteiger partial charge in [-0.15, -0.1) is 0 Å². The van der Waals surface area contributed by atoms with E-state index in [9.17, 15) is 0 Å². The van der Waals surface area contributed by atoms with Crippen LogP contribution in [0.3, 0.4) is 0 Å². The lowest BCUT2D eigenvalue weighted by Crippen LogP contribution is -2.28. The number of nitrogens with zero attached hydrogens (tertiary/aromatic N) is 1. The Morgan fingerprint density at radius 1 is 1.21 bits per heavy atom. The highest BCUT2D eigenvalue weighted by Crippen LogP contribution is 2.26. The van der Waals surface area contributed by atoms with Crippen molar-refractivity contribution in [3.8, 4) is 0 Å². The van der Waals surface area contributed by atoms with Crippen molar-refractivity contribution < 1.29 is 0 Å². The van der Waals surface area contributed by atoms with Crippen molar-refractivity contribution in [1.29, 1.82) is 0 Å². The summed E-state index contributed by atoms with van der Waals surface area (Å²) in [7, 11) is 0. The predicted octanol–water partition coefficient (Wildman–Crippen LogP) is 3.71. The molecule has 1 heterocycles. The Bertz CT molecular complexity index is 505. The molecule has 1 aromatic carbocycles. The van der Waals surface area contributed by atoms with Crippen LogP contribution >= 0.6 is 0 Å².